The van der Waals surface area contributed by atoms with E-state index >= 15 is 0 Å². The Balaban J connectivity index is 2.45. The summed E-state index contributed by atoms with van der Waals surface area (Å²) >= 11 is 9.17. The van der Waals surface area contributed by atoms with Crippen molar-refractivity contribution >= 4 is 27.5 Å². The van der Waals surface area contributed by atoms with Crippen LogP contribution in [-0.4, -0.2) is 9.97 Å². The van der Waals surface area contributed by atoms with E-state index in [1.54, 1.807) is 12.1 Å². The van der Waals surface area contributed by atoms with Crippen LogP contribution in [0.5, 0.6) is 11.6 Å². The molecule has 0 aliphatic carbocycles. The van der Waals surface area contributed by atoms with Gasteiger partial charge in [-0.15, -0.1) is 0 Å². The summed E-state index contributed by atoms with van der Waals surface area (Å²) in [7, 11) is 0. The number of halogens is 2. The molecule has 0 spiro atoms. The average Bonchev–Trinajstić information content (AvgIpc) is 2.38. The van der Waals surface area contributed by atoms with Gasteiger partial charge in [0.1, 0.15) is 16.5 Å². The van der Waals surface area contributed by atoms with E-state index in [-0.39, 0.29) is 5.15 Å². The summed E-state index contributed by atoms with van der Waals surface area (Å²) in [6, 6.07) is 5.63. The van der Waals surface area contributed by atoms with Gasteiger partial charge < -0.3 is 4.74 Å². The molecule has 1 aromatic heterocycles. The average molecular weight is 339 g/mol. The minimum absolute atomic E-state index is 0.286. The monoisotopic (exact) mass is 337 g/mol. The van der Waals surface area contributed by atoms with Gasteiger partial charge in [0, 0.05) is 0 Å². The molecule has 1 aromatic carbocycles. The van der Waals surface area contributed by atoms with Crippen molar-refractivity contribution < 1.29 is 4.74 Å². The lowest BCUT2D eigenvalue weighted by molar-refractivity contribution is 0.451. The Morgan fingerprint density at radius 2 is 1.89 bits per heavy atom. The lowest BCUT2D eigenvalue weighted by Gasteiger charge is -2.12. The summed E-state index contributed by atoms with van der Waals surface area (Å²) in [4.78, 5) is 7.87. The van der Waals surface area contributed by atoms with Crippen LogP contribution in [0.4, 0.5) is 0 Å². The van der Waals surface area contributed by atoms with Gasteiger partial charge in [-0.25, -0.2) is 9.97 Å². The second kappa shape index (κ2) is 5.55. The van der Waals surface area contributed by atoms with Crippen molar-refractivity contribution in [1.29, 1.82) is 5.26 Å². The summed E-state index contributed by atoms with van der Waals surface area (Å²) in [6.07, 6.45) is 1.33. The van der Waals surface area contributed by atoms with Crippen molar-refractivity contribution in [3.05, 3.63) is 44.8 Å². The zero-order valence-corrected chi connectivity index (χ0v) is 12.6. The third kappa shape index (κ3) is 2.86. The lowest BCUT2D eigenvalue weighted by Crippen LogP contribution is -1.96. The zero-order valence-electron chi connectivity index (χ0n) is 10.2. The predicted octanol–water partition coefficient (Wildman–Crippen LogP) is 4.17. The molecule has 0 radical (unpaired) electrons. The summed E-state index contributed by atoms with van der Waals surface area (Å²) in [5, 5.41) is 9.20. The number of hydrogen-bond acceptors (Lipinski definition) is 4. The normalized spacial score (nSPS) is 10.1. The molecule has 2 aromatic rings. The van der Waals surface area contributed by atoms with E-state index in [4.69, 9.17) is 21.6 Å². The minimum Gasteiger partial charge on any atom is -0.437 e. The van der Waals surface area contributed by atoms with Gasteiger partial charge in [-0.2, -0.15) is 5.26 Å². The first-order valence-electron chi connectivity index (χ1n) is 5.38. The number of nitrogens with zero attached hydrogens (tertiary/aromatic N) is 3. The van der Waals surface area contributed by atoms with Gasteiger partial charge in [0.2, 0.25) is 5.88 Å². The molecule has 96 valence electrons. The standard InChI is InChI=1S/C13H9BrClN3O/c1-7-3-9(5-16)4-8(2)11(7)19-13-10(14)12(15)17-6-18-13/h3-4,6H,1-2H3. The van der Waals surface area contributed by atoms with Crippen molar-refractivity contribution in [1.82, 2.24) is 9.97 Å². The van der Waals surface area contributed by atoms with Crippen LogP contribution in [0, 0.1) is 25.2 Å². The lowest BCUT2D eigenvalue weighted by atomic mass is 10.1. The molecular weight excluding hydrogens is 330 g/mol. The molecule has 0 saturated heterocycles. The number of nitriles is 1. The maximum absolute atomic E-state index is 8.91. The fourth-order valence-corrected chi connectivity index (χ4v) is 2.09. The van der Waals surface area contributed by atoms with E-state index in [0.29, 0.717) is 21.7 Å². The molecule has 6 heteroatoms. The number of hydrogen-bond donors (Lipinski definition) is 0. The summed E-state index contributed by atoms with van der Waals surface area (Å²) < 4.78 is 6.26. The highest BCUT2D eigenvalue weighted by Gasteiger charge is 2.13. The third-order valence-electron chi connectivity index (χ3n) is 2.50. The molecule has 0 fully saturated rings. The predicted molar refractivity (Wildman–Crippen MR) is 75.4 cm³/mol. The maximum atomic E-state index is 8.91. The Morgan fingerprint density at radius 3 is 2.47 bits per heavy atom. The number of benzene rings is 1. The van der Waals surface area contributed by atoms with Crippen molar-refractivity contribution in [2.45, 2.75) is 13.8 Å². The van der Waals surface area contributed by atoms with Gasteiger partial charge >= 0.3 is 0 Å². The van der Waals surface area contributed by atoms with E-state index < -0.39 is 0 Å². The smallest absolute Gasteiger partial charge is 0.238 e. The number of aryl methyl sites for hydroxylation is 2. The molecule has 4 nitrogen and oxygen atoms in total. The largest absolute Gasteiger partial charge is 0.437 e. The molecule has 1 heterocycles. The van der Waals surface area contributed by atoms with Crippen LogP contribution in [0.15, 0.2) is 22.9 Å². The van der Waals surface area contributed by atoms with E-state index in [2.05, 4.69) is 32.0 Å². The third-order valence-corrected chi connectivity index (χ3v) is 3.73. The highest BCUT2D eigenvalue weighted by molar-refractivity contribution is 9.10. The first kappa shape index (κ1) is 13.8. The Labute approximate surface area is 124 Å². The number of rotatable bonds is 2. The summed E-state index contributed by atoms with van der Waals surface area (Å²) in [5.74, 6) is 1.00. The molecule has 0 aliphatic rings. The van der Waals surface area contributed by atoms with E-state index in [9.17, 15) is 0 Å². The number of ether oxygens (including phenoxy) is 1. The van der Waals surface area contributed by atoms with Crippen molar-refractivity contribution in [3.63, 3.8) is 0 Å². The topological polar surface area (TPSA) is 58.8 Å². The van der Waals surface area contributed by atoms with E-state index in [1.807, 2.05) is 13.8 Å². The Kier molecular flexibility index (Phi) is 4.03. The Hall–Kier alpha value is -1.64. The fraction of sp³-hybridized carbons (Fsp3) is 0.154. The molecule has 0 bridgehead atoms. The van der Waals surface area contributed by atoms with Crippen molar-refractivity contribution in [2.24, 2.45) is 0 Å². The summed E-state index contributed by atoms with van der Waals surface area (Å²) in [5.41, 5.74) is 2.32. The van der Waals surface area contributed by atoms with Crippen LogP contribution in [0.2, 0.25) is 5.15 Å². The molecule has 0 amide bonds. The van der Waals surface area contributed by atoms with Gasteiger partial charge in [-0.3, -0.25) is 0 Å². The van der Waals surface area contributed by atoms with Gasteiger partial charge in [0.05, 0.1) is 11.6 Å². The van der Waals surface area contributed by atoms with Crippen LogP contribution in [0.1, 0.15) is 16.7 Å². The quantitative estimate of drug-likeness (QED) is 0.771. The van der Waals surface area contributed by atoms with E-state index in [0.717, 1.165) is 11.1 Å². The first-order chi connectivity index (χ1) is 9.02. The highest BCUT2D eigenvalue weighted by Crippen LogP contribution is 2.34. The zero-order chi connectivity index (χ0) is 14.0. The van der Waals surface area contributed by atoms with Crippen LogP contribution in [0.25, 0.3) is 0 Å². The molecule has 0 saturated carbocycles. The fourth-order valence-electron chi connectivity index (χ4n) is 1.68. The molecule has 0 N–H and O–H groups in total. The second-order valence-corrected chi connectivity index (χ2v) is 5.09. The first-order valence-corrected chi connectivity index (χ1v) is 6.55. The van der Waals surface area contributed by atoms with Gasteiger partial charge in [-0.05, 0) is 53.0 Å². The van der Waals surface area contributed by atoms with Crippen LogP contribution in [0.3, 0.4) is 0 Å². The Bertz CT molecular complexity index is 659. The maximum Gasteiger partial charge on any atom is 0.238 e. The van der Waals surface area contributed by atoms with Gasteiger partial charge in [0.25, 0.3) is 0 Å². The Morgan fingerprint density at radius 1 is 1.26 bits per heavy atom. The minimum atomic E-state index is 0.286. The van der Waals surface area contributed by atoms with Crippen LogP contribution >= 0.6 is 27.5 Å². The SMILES string of the molecule is Cc1cc(C#N)cc(C)c1Oc1ncnc(Cl)c1Br. The molecule has 0 aliphatic heterocycles. The molecule has 19 heavy (non-hydrogen) atoms. The van der Waals surface area contributed by atoms with Crippen molar-refractivity contribution in [2.75, 3.05) is 0 Å². The number of aromatic nitrogens is 2. The molecule has 0 atom stereocenters. The van der Waals surface area contributed by atoms with Crippen LogP contribution in [-0.2, 0) is 0 Å². The molecule has 0 unspecified atom stereocenters. The van der Waals surface area contributed by atoms with Crippen LogP contribution < -0.4 is 4.74 Å². The second-order valence-electron chi connectivity index (χ2n) is 3.94. The van der Waals surface area contributed by atoms with E-state index in [1.165, 1.54) is 6.33 Å². The summed E-state index contributed by atoms with van der Waals surface area (Å²) in [6.45, 7) is 3.75. The van der Waals surface area contributed by atoms with Gasteiger partial charge in [-0.1, -0.05) is 11.6 Å². The molecule has 2 rings (SSSR count). The highest BCUT2D eigenvalue weighted by atomic mass is 79.9. The molecular formula is C13H9BrClN3O. The van der Waals surface area contributed by atoms with Gasteiger partial charge in [0.15, 0.2) is 5.15 Å². The van der Waals surface area contributed by atoms with Crippen molar-refractivity contribution in [3.8, 4) is 17.7 Å².